The molecule has 0 aliphatic heterocycles. The van der Waals surface area contributed by atoms with Crippen LogP contribution in [0.25, 0.3) is 5.95 Å². The Kier molecular flexibility index (Phi) is 3.26. The highest BCUT2D eigenvalue weighted by atomic mass is 15.4. The van der Waals surface area contributed by atoms with E-state index in [0.29, 0.717) is 23.9 Å². The standard InChI is InChI=1S/C12H17N7/c1-2-6-13-10-16-11(15-9-4-5-9)18-12(17-10)19-8-3-7-14-19/h3,7-9H,2,4-6H2,1H3,(H2,13,15,16,17,18). The van der Waals surface area contributed by atoms with Gasteiger partial charge in [0.1, 0.15) is 0 Å². The van der Waals surface area contributed by atoms with E-state index in [-0.39, 0.29) is 0 Å². The fraction of sp³-hybridized carbons (Fsp3) is 0.500. The highest BCUT2D eigenvalue weighted by molar-refractivity contribution is 5.39. The first-order valence-corrected chi connectivity index (χ1v) is 6.61. The summed E-state index contributed by atoms with van der Waals surface area (Å²) < 4.78 is 1.64. The summed E-state index contributed by atoms with van der Waals surface area (Å²) in [5.74, 6) is 1.73. The lowest BCUT2D eigenvalue weighted by atomic mass is 10.5. The van der Waals surface area contributed by atoms with E-state index in [2.05, 4.69) is 37.6 Å². The Morgan fingerprint density at radius 3 is 2.79 bits per heavy atom. The summed E-state index contributed by atoms with van der Waals surface area (Å²) in [7, 11) is 0. The fourth-order valence-electron chi connectivity index (χ4n) is 1.64. The molecule has 1 saturated carbocycles. The van der Waals surface area contributed by atoms with Crippen molar-refractivity contribution in [2.75, 3.05) is 17.2 Å². The molecule has 0 spiro atoms. The van der Waals surface area contributed by atoms with Crippen LogP contribution in [-0.4, -0.2) is 37.3 Å². The van der Waals surface area contributed by atoms with Crippen molar-refractivity contribution in [2.24, 2.45) is 0 Å². The molecule has 0 saturated heterocycles. The van der Waals surface area contributed by atoms with Gasteiger partial charge in [-0.3, -0.25) is 0 Å². The van der Waals surface area contributed by atoms with E-state index in [4.69, 9.17) is 0 Å². The zero-order valence-electron chi connectivity index (χ0n) is 10.9. The Bertz CT molecular complexity index is 533. The van der Waals surface area contributed by atoms with E-state index in [1.807, 2.05) is 12.3 Å². The maximum atomic E-state index is 4.39. The third-order valence-corrected chi connectivity index (χ3v) is 2.78. The van der Waals surface area contributed by atoms with Gasteiger partial charge >= 0.3 is 0 Å². The van der Waals surface area contributed by atoms with Crippen LogP contribution in [0.4, 0.5) is 11.9 Å². The molecule has 1 fully saturated rings. The van der Waals surface area contributed by atoms with E-state index in [9.17, 15) is 0 Å². The summed E-state index contributed by atoms with van der Waals surface area (Å²) >= 11 is 0. The number of aromatic nitrogens is 5. The predicted molar refractivity (Wildman–Crippen MR) is 72.4 cm³/mol. The minimum absolute atomic E-state index is 0.506. The fourth-order valence-corrected chi connectivity index (χ4v) is 1.64. The molecule has 19 heavy (non-hydrogen) atoms. The molecule has 0 unspecified atom stereocenters. The largest absolute Gasteiger partial charge is 0.354 e. The third-order valence-electron chi connectivity index (χ3n) is 2.78. The van der Waals surface area contributed by atoms with E-state index in [1.54, 1.807) is 10.9 Å². The number of anilines is 2. The summed E-state index contributed by atoms with van der Waals surface area (Å²) in [4.78, 5) is 13.1. The molecule has 2 N–H and O–H groups in total. The van der Waals surface area contributed by atoms with Crippen LogP contribution in [0, 0.1) is 0 Å². The highest BCUT2D eigenvalue weighted by Gasteiger charge is 2.22. The van der Waals surface area contributed by atoms with Crippen molar-refractivity contribution in [3.8, 4) is 5.95 Å². The number of nitrogens with zero attached hydrogens (tertiary/aromatic N) is 5. The molecule has 2 aromatic heterocycles. The van der Waals surface area contributed by atoms with Gasteiger partial charge in [-0.25, -0.2) is 4.68 Å². The number of rotatable bonds is 6. The van der Waals surface area contributed by atoms with E-state index in [0.717, 1.165) is 13.0 Å². The molecule has 2 aromatic rings. The first kappa shape index (κ1) is 11.9. The second kappa shape index (κ2) is 5.21. The molecule has 0 bridgehead atoms. The van der Waals surface area contributed by atoms with Gasteiger partial charge in [-0.05, 0) is 25.3 Å². The van der Waals surface area contributed by atoms with Crippen molar-refractivity contribution in [1.82, 2.24) is 24.7 Å². The maximum Gasteiger partial charge on any atom is 0.257 e. The third kappa shape index (κ3) is 2.98. The van der Waals surface area contributed by atoms with Crippen LogP contribution in [-0.2, 0) is 0 Å². The summed E-state index contributed by atoms with van der Waals surface area (Å²) in [6.45, 7) is 2.94. The normalized spacial score (nSPS) is 14.4. The summed E-state index contributed by atoms with van der Waals surface area (Å²) in [6, 6.07) is 2.35. The Hall–Kier alpha value is -2.18. The number of nitrogens with one attached hydrogen (secondary N) is 2. The lowest BCUT2D eigenvalue weighted by Crippen LogP contribution is -2.14. The van der Waals surface area contributed by atoms with E-state index < -0.39 is 0 Å². The monoisotopic (exact) mass is 259 g/mol. The van der Waals surface area contributed by atoms with Crippen LogP contribution in [0.2, 0.25) is 0 Å². The molecule has 0 atom stereocenters. The predicted octanol–water partition coefficient (Wildman–Crippen LogP) is 1.45. The maximum absolute atomic E-state index is 4.39. The number of hydrogen-bond donors (Lipinski definition) is 2. The van der Waals surface area contributed by atoms with Crippen molar-refractivity contribution in [2.45, 2.75) is 32.2 Å². The molecule has 7 heteroatoms. The van der Waals surface area contributed by atoms with Crippen LogP contribution >= 0.6 is 0 Å². The van der Waals surface area contributed by atoms with Crippen LogP contribution in [0.15, 0.2) is 18.5 Å². The highest BCUT2D eigenvalue weighted by Crippen LogP contribution is 2.23. The zero-order valence-corrected chi connectivity index (χ0v) is 10.9. The van der Waals surface area contributed by atoms with Gasteiger partial charge in [0.05, 0.1) is 0 Å². The molecule has 3 rings (SSSR count). The number of hydrogen-bond acceptors (Lipinski definition) is 6. The molecular weight excluding hydrogens is 242 g/mol. The molecular formula is C12H17N7. The Morgan fingerprint density at radius 2 is 2.11 bits per heavy atom. The van der Waals surface area contributed by atoms with Crippen molar-refractivity contribution in [3.63, 3.8) is 0 Å². The molecule has 0 amide bonds. The molecule has 0 radical (unpaired) electrons. The van der Waals surface area contributed by atoms with Gasteiger partial charge < -0.3 is 10.6 Å². The minimum Gasteiger partial charge on any atom is -0.354 e. The molecule has 1 aliphatic rings. The first-order chi connectivity index (χ1) is 9.35. The molecule has 2 heterocycles. The van der Waals surface area contributed by atoms with Crippen LogP contribution in [0.5, 0.6) is 0 Å². The average Bonchev–Trinajstić information content (AvgIpc) is 3.07. The summed E-state index contributed by atoms with van der Waals surface area (Å²) in [6.07, 6.45) is 6.91. The van der Waals surface area contributed by atoms with Crippen molar-refractivity contribution >= 4 is 11.9 Å². The lowest BCUT2D eigenvalue weighted by Gasteiger charge is -2.09. The van der Waals surface area contributed by atoms with E-state index in [1.165, 1.54) is 12.8 Å². The molecule has 100 valence electrons. The molecule has 7 nitrogen and oxygen atoms in total. The topological polar surface area (TPSA) is 80.5 Å². The minimum atomic E-state index is 0.506. The molecule has 1 aliphatic carbocycles. The van der Waals surface area contributed by atoms with Crippen LogP contribution < -0.4 is 10.6 Å². The Balaban J connectivity index is 1.88. The molecule has 0 aromatic carbocycles. The van der Waals surface area contributed by atoms with Crippen LogP contribution in [0.3, 0.4) is 0 Å². The van der Waals surface area contributed by atoms with Gasteiger partial charge in [-0.15, -0.1) is 0 Å². The first-order valence-electron chi connectivity index (χ1n) is 6.61. The van der Waals surface area contributed by atoms with Gasteiger partial charge in [0, 0.05) is 25.0 Å². The van der Waals surface area contributed by atoms with Gasteiger partial charge in [0.15, 0.2) is 0 Å². The van der Waals surface area contributed by atoms with Gasteiger partial charge in [-0.1, -0.05) is 6.92 Å². The van der Waals surface area contributed by atoms with Crippen molar-refractivity contribution < 1.29 is 0 Å². The van der Waals surface area contributed by atoms with E-state index >= 15 is 0 Å². The van der Waals surface area contributed by atoms with Crippen molar-refractivity contribution in [3.05, 3.63) is 18.5 Å². The Morgan fingerprint density at radius 1 is 1.26 bits per heavy atom. The smallest absolute Gasteiger partial charge is 0.257 e. The summed E-state index contributed by atoms with van der Waals surface area (Å²) in [5.41, 5.74) is 0. The SMILES string of the molecule is CCCNc1nc(NC2CC2)nc(-n2cccn2)n1. The summed E-state index contributed by atoms with van der Waals surface area (Å²) in [5, 5.41) is 10.6. The second-order valence-corrected chi connectivity index (χ2v) is 4.58. The zero-order chi connectivity index (χ0) is 13.1. The Labute approximate surface area is 111 Å². The lowest BCUT2D eigenvalue weighted by molar-refractivity contribution is 0.793. The van der Waals surface area contributed by atoms with Crippen molar-refractivity contribution in [1.29, 1.82) is 0 Å². The average molecular weight is 259 g/mol. The quantitative estimate of drug-likeness (QED) is 0.817. The van der Waals surface area contributed by atoms with Gasteiger partial charge in [-0.2, -0.15) is 20.1 Å². The van der Waals surface area contributed by atoms with Crippen LogP contribution in [0.1, 0.15) is 26.2 Å². The van der Waals surface area contributed by atoms with Gasteiger partial charge in [0.2, 0.25) is 11.9 Å². The van der Waals surface area contributed by atoms with Gasteiger partial charge in [0.25, 0.3) is 5.95 Å². The second-order valence-electron chi connectivity index (χ2n) is 4.58.